The third kappa shape index (κ3) is 3.93. The normalized spacial score (nSPS) is 14.2. The maximum atomic E-state index is 15.4. The molecule has 214 valence electrons. The standard InChI is InChI=1S/C25H12ClF12NO/c26-25(37,38)24(35,36)23(33,34)22(31,32)21(29,30)20(27,28)16-12-17(19(40)14-7-2-1-3-8-14)39-11-10-13-6-4-5-9-15(13)18(16)39/h1-12H. The molecule has 0 N–H and O–H groups in total. The summed E-state index contributed by atoms with van der Waals surface area (Å²) >= 11 is 3.77. The highest BCUT2D eigenvalue weighted by Gasteiger charge is 2.90. The molecule has 0 unspecified atom stereocenters. The van der Waals surface area contributed by atoms with E-state index in [2.05, 4.69) is 11.6 Å². The molecule has 2 nitrogen and oxygen atoms in total. The van der Waals surface area contributed by atoms with Crippen LogP contribution >= 0.6 is 11.6 Å². The smallest absolute Gasteiger partial charge is 0.312 e. The van der Waals surface area contributed by atoms with Gasteiger partial charge in [-0.2, -0.15) is 52.7 Å². The second-order valence-corrected chi connectivity index (χ2v) is 9.10. The van der Waals surface area contributed by atoms with Gasteiger partial charge >= 0.3 is 35.0 Å². The lowest BCUT2D eigenvalue weighted by atomic mass is 9.90. The molecule has 40 heavy (non-hydrogen) atoms. The number of aromatic nitrogens is 1. The van der Waals surface area contributed by atoms with Crippen molar-refractivity contribution in [3.8, 4) is 0 Å². The molecular formula is C25H12ClF12NO. The van der Waals surface area contributed by atoms with Gasteiger partial charge in [-0.3, -0.25) is 4.79 Å². The van der Waals surface area contributed by atoms with Crippen molar-refractivity contribution >= 4 is 33.7 Å². The average molecular weight is 606 g/mol. The van der Waals surface area contributed by atoms with E-state index in [1.54, 1.807) is 0 Å². The van der Waals surface area contributed by atoms with Crippen molar-refractivity contribution < 1.29 is 57.5 Å². The molecule has 0 radical (unpaired) electrons. The number of fused-ring (bicyclic) bond motifs is 3. The molecule has 0 bridgehead atoms. The number of alkyl halides is 13. The van der Waals surface area contributed by atoms with Crippen LogP contribution in [0.4, 0.5) is 52.7 Å². The van der Waals surface area contributed by atoms with Crippen molar-refractivity contribution in [3.63, 3.8) is 0 Å². The van der Waals surface area contributed by atoms with Gasteiger partial charge in [0.25, 0.3) is 0 Å². The SMILES string of the molecule is O=C(c1ccccc1)c1cc(C(F)(F)C(F)(F)C(F)(F)C(F)(F)C(F)(F)C(F)(F)Cl)c2c3ccccc3ccn12. The lowest BCUT2D eigenvalue weighted by Gasteiger charge is -2.40. The van der Waals surface area contributed by atoms with Crippen LogP contribution in [0.1, 0.15) is 21.6 Å². The second-order valence-electron chi connectivity index (χ2n) is 8.63. The van der Waals surface area contributed by atoms with Crippen LogP contribution in [0, 0.1) is 0 Å². The molecule has 15 heteroatoms. The summed E-state index contributed by atoms with van der Waals surface area (Å²) in [4.78, 5) is 13.1. The number of halogens is 13. The Morgan fingerprint density at radius 2 is 1.18 bits per heavy atom. The Hall–Kier alpha value is -3.42. The topological polar surface area (TPSA) is 21.5 Å². The molecule has 2 aromatic heterocycles. The molecule has 0 aliphatic heterocycles. The van der Waals surface area contributed by atoms with Crippen molar-refractivity contribution in [1.29, 1.82) is 0 Å². The molecule has 0 aliphatic rings. The summed E-state index contributed by atoms with van der Waals surface area (Å²) in [5, 5.41) is -6.85. The van der Waals surface area contributed by atoms with Gasteiger partial charge in [-0.05, 0) is 29.1 Å². The van der Waals surface area contributed by atoms with Gasteiger partial charge in [0.1, 0.15) is 0 Å². The van der Waals surface area contributed by atoms with Gasteiger partial charge in [-0.15, -0.1) is 0 Å². The number of pyridine rings is 1. The zero-order chi connectivity index (χ0) is 30.1. The Balaban J connectivity index is 2.02. The van der Waals surface area contributed by atoms with Gasteiger partial charge in [-0.25, -0.2) is 0 Å². The Morgan fingerprint density at radius 3 is 1.75 bits per heavy atom. The lowest BCUT2D eigenvalue weighted by molar-refractivity contribution is -0.419. The average Bonchev–Trinajstić information content (AvgIpc) is 3.28. The van der Waals surface area contributed by atoms with Gasteiger partial charge in [0.05, 0.1) is 16.8 Å². The number of carbonyl (C=O) groups is 1. The summed E-state index contributed by atoms with van der Waals surface area (Å²) in [6.07, 6.45) is 0.931. The molecule has 2 aromatic carbocycles. The van der Waals surface area contributed by atoms with Crippen LogP contribution in [-0.2, 0) is 5.92 Å². The van der Waals surface area contributed by atoms with E-state index >= 15 is 8.78 Å². The molecule has 4 rings (SSSR count). The van der Waals surface area contributed by atoms with E-state index in [1.807, 2.05) is 0 Å². The number of benzene rings is 2. The Labute approximate surface area is 220 Å². The van der Waals surface area contributed by atoms with Gasteiger partial charge in [-0.1, -0.05) is 54.6 Å². The summed E-state index contributed by atoms with van der Waals surface area (Å²) in [6.45, 7) is 0. The Bertz CT molecular complexity index is 1590. The van der Waals surface area contributed by atoms with Crippen LogP contribution in [0.5, 0.6) is 0 Å². The van der Waals surface area contributed by atoms with Crippen LogP contribution in [0.25, 0.3) is 16.3 Å². The maximum Gasteiger partial charge on any atom is 0.393 e. The summed E-state index contributed by atoms with van der Waals surface area (Å²) in [5.41, 5.74) is -4.16. The van der Waals surface area contributed by atoms with Gasteiger partial charge in [0, 0.05) is 17.1 Å². The molecule has 0 saturated carbocycles. The van der Waals surface area contributed by atoms with E-state index in [-0.39, 0.29) is 22.4 Å². The van der Waals surface area contributed by atoms with Crippen LogP contribution in [0.3, 0.4) is 0 Å². The minimum Gasteiger partial charge on any atom is -0.312 e. The van der Waals surface area contributed by atoms with Crippen molar-refractivity contribution in [2.45, 2.75) is 35.0 Å². The summed E-state index contributed by atoms with van der Waals surface area (Å²) in [5.74, 6) is -38.0. The number of rotatable bonds is 8. The number of hydrogen-bond donors (Lipinski definition) is 0. The quantitative estimate of drug-likeness (QED) is 0.112. The predicted molar refractivity (Wildman–Crippen MR) is 119 cm³/mol. The van der Waals surface area contributed by atoms with E-state index < -0.39 is 57.6 Å². The molecule has 2 heterocycles. The predicted octanol–water partition coefficient (Wildman–Crippen LogP) is 8.79. The van der Waals surface area contributed by atoms with E-state index in [0.717, 1.165) is 12.3 Å². The molecule has 0 atom stereocenters. The first-order chi connectivity index (χ1) is 18.2. The van der Waals surface area contributed by atoms with Crippen LogP contribution < -0.4 is 0 Å². The monoisotopic (exact) mass is 605 g/mol. The van der Waals surface area contributed by atoms with Crippen molar-refractivity contribution in [2.75, 3.05) is 0 Å². The maximum absolute atomic E-state index is 15.4. The molecular weight excluding hydrogens is 594 g/mol. The van der Waals surface area contributed by atoms with E-state index in [1.165, 1.54) is 54.6 Å². The fourth-order valence-electron chi connectivity index (χ4n) is 4.06. The number of carbonyl (C=O) groups excluding carboxylic acids is 1. The van der Waals surface area contributed by atoms with Gasteiger partial charge in [0.2, 0.25) is 5.78 Å². The van der Waals surface area contributed by atoms with Crippen LogP contribution in [0.15, 0.2) is 72.9 Å². The number of hydrogen-bond acceptors (Lipinski definition) is 1. The highest BCUT2D eigenvalue weighted by Crippen LogP contribution is 2.63. The molecule has 4 aromatic rings. The molecule has 0 amide bonds. The van der Waals surface area contributed by atoms with Crippen molar-refractivity contribution in [2.24, 2.45) is 0 Å². The van der Waals surface area contributed by atoms with Gasteiger partial charge in [0.15, 0.2) is 0 Å². The highest BCUT2D eigenvalue weighted by atomic mass is 35.5. The largest absolute Gasteiger partial charge is 0.393 e. The van der Waals surface area contributed by atoms with Crippen molar-refractivity contribution in [3.05, 3.63) is 89.7 Å². The fourth-order valence-corrected chi connectivity index (χ4v) is 4.18. The minimum atomic E-state index is -7.81. The zero-order valence-corrected chi connectivity index (χ0v) is 20.0. The first kappa shape index (κ1) is 29.6. The molecule has 0 aliphatic carbocycles. The van der Waals surface area contributed by atoms with Gasteiger partial charge < -0.3 is 4.40 Å². The third-order valence-corrected chi connectivity index (χ3v) is 6.43. The molecule has 0 fully saturated rings. The zero-order valence-electron chi connectivity index (χ0n) is 19.2. The van der Waals surface area contributed by atoms with E-state index in [9.17, 15) is 48.7 Å². The van der Waals surface area contributed by atoms with Crippen LogP contribution in [-0.4, -0.2) is 39.3 Å². The Kier molecular flexibility index (Phi) is 6.69. The Morgan fingerprint density at radius 1 is 0.650 bits per heavy atom. The highest BCUT2D eigenvalue weighted by molar-refractivity contribution is 6.22. The lowest BCUT2D eigenvalue weighted by Crippen LogP contribution is -2.69. The molecule has 0 saturated heterocycles. The first-order valence-electron chi connectivity index (χ1n) is 10.8. The van der Waals surface area contributed by atoms with Crippen molar-refractivity contribution in [1.82, 2.24) is 4.40 Å². The fraction of sp³-hybridized carbons (Fsp3) is 0.240. The second kappa shape index (κ2) is 9.05. The third-order valence-electron chi connectivity index (χ3n) is 6.20. The molecule has 0 spiro atoms. The summed E-state index contributed by atoms with van der Waals surface area (Å²) in [7, 11) is 0. The van der Waals surface area contributed by atoms with Crippen LogP contribution in [0.2, 0.25) is 0 Å². The number of ketones is 1. The minimum absolute atomic E-state index is 0.0214. The first-order valence-corrected chi connectivity index (χ1v) is 11.2. The summed E-state index contributed by atoms with van der Waals surface area (Å²) < 4.78 is 171. The number of nitrogens with zero attached hydrogens (tertiary/aromatic N) is 1. The van der Waals surface area contributed by atoms with E-state index in [0.29, 0.717) is 4.40 Å². The summed E-state index contributed by atoms with van der Waals surface area (Å²) in [6, 6.07) is 12.7. The van der Waals surface area contributed by atoms with E-state index in [4.69, 9.17) is 0 Å².